The molecule has 144 valence electrons. The van der Waals surface area contributed by atoms with Crippen LogP contribution in [0.2, 0.25) is 0 Å². The molecule has 6 heteroatoms. The zero-order valence-corrected chi connectivity index (χ0v) is 15.6. The van der Waals surface area contributed by atoms with Crippen LogP contribution in [0.4, 0.5) is 15.8 Å². The SMILES string of the molecule is CCC(CC(=O)OC)c1ccc(N2CC(O)(c3ccc(F)cc3)C2)c(N)c1. The molecule has 0 saturated carbocycles. The van der Waals surface area contributed by atoms with E-state index in [2.05, 4.69) is 0 Å². The molecule has 3 N–H and O–H groups in total. The summed E-state index contributed by atoms with van der Waals surface area (Å²) in [6.45, 7) is 2.80. The van der Waals surface area contributed by atoms with Gasteiger partial charge in [-0.15, -0.1) is 0 Å². The molecule has 5 nitrogen and oxygen atoms in total. The third kappa shape index (κ3) is 3.90. The lowest BCUT2D eigenvalue weighted by Crippen LogP contribution is -2.59. The van der Waals surface area contributed by atoms with E-state index in [1.165, 1.54) is 19.2 Å². The molecule has 27 heavy (non-hydrogen) atoms. The molecule has 1 unspecified atom stereocenters. The summed E-state index contributed by atoms with van der Waals surface area (Å²) < 4.78 is 17.9. The Morgan fingerprint density at radius 2 is 1.96 bits per heavy atom. The second-order valence-electron chi connectivity index (χ2n) is 7.10. The minimum Gasteiger partial charge on any atom is -0.469 e. The average molecular weight is 372 g/mol. The molecule has 0 spiro atoms. The Labute approximate surface area is 158 Å². The molecule has 1 saturated heterocycles. The molecule has 0 radical (unpaired) electrons. The van der Waals surface area contributed by atoms with Crippen LogP contribution in [0.1, 0.15) is 36.8 Å². The van der Waals surface area contributed by atoms with Crippen LogP contribution in [0.15, 0.2) is 42.5 Å². The monoisotopic (exact) mass is 372 g/mol. The summed E-state index contributed by atoms with van der Waals surface area (Å²) in [6, 6.07) is 11.7. The van der Waals surface area contributed by atoms with Crippen molar-refractivity contribution in [2.45, 2.75) is 31.3 Å². The van der Waals surface area contributed by atoms with Gasteiger partial charge in [0.25, 0.3) is 0 Å². The van der Waals surface area contributed by atoms with Crippen molar-refractivity contribution in [2.24, 2.45) is 0 Å². The number of carbonyl (C=O) groups excluding carboxylic acids is 1. The minimum atomic E-state index is -1.00. The largest absolute Gasteiger partial charge is 0.469 e. The number of nitrogen functional groups attached to an aromatic ring is 1. The van der Waals surface area contributed by atoms with Crippen molar-refractivity contribution in [3.05, 3.63) is 59.4 Å². The lowest BCUT2D eigenvalue weighted by molar-refractivity contribution is -0.141. The highest BCUT2D eigenvalue weighted by Crippen LogP contribution is 2.39. The van der Waals surface area contributed by atoms with E-state index in [0.29, 0.717) is 30.8 Å². The molecule has 2 aromatic rings. The summed E-state index contributed by atoms with van der Waals surface area (Å²) in [5.41, 5.74) is 8.39. The number of benzene rings is 2. The number of anilines is 2. The summed E-state index contributed by atoms with van der Waals surface area (Å²) in [5.74, 6) is -0.506. The van der Waals surface area contributed by atoms with E-state index in [1.807, 2.05) is 30.0 Å². The lowest BCUT2D eigenvalue weighted by Gasteiger charge is -2.48. The van der Waals surface area contributed by atoms with Gasteiger partial charge in [0.2, 0.25) is 0 Å². The van der Waals surface area contributed by atoms with Crippen molar-refractivity contribution in [2.75, 3.05) is 30.8 Å². The fourth-order valence-corrected chi connectivity index (χ4v) is 3.60. The number of aliphatic hydroxyl groups is 1. The van der Waals surface area contributed by atoms with Gasteiger partial charge in [-0.05, 0) is 47.7 Å². The first kappa shape index (κ1) is 19.2. The van der Waals surface area contributed by atoms with E-state index in [9.17, 15) is 14.3 Å². The number of esters is 1. The number of ether oxygens (including phenoxy) is 1. The van der Waals surface area contributed by atoms with E-state index in [-0.39, 0.29) is 17.7 Å². The van der Waals surface area contributed by atoms with Crippen LogP contribution in [0, 0.1) is 5.82 Å². The van der Waals surface area contributed by atoms with Gasteiger partial charge in [-0.2, -0.15) is 0 Å². The highest BCUT2D eigenvalue weighted by atomic mass is 19.1. The van der Waals surface area contributed by atoms with Gasteiger partial charge >= 0.3 is 5.97 Å². The van der Waals surface area contributed by atoms with Crippen LogP contribution in [-0.4, -0.2) is 31.3 Å². The van der Waals surface area contributed by atoms with Crippen molar-refractivity contribution in [3.8, 4) is 0 Å². The molecule has 1 aliphatic rings. The second-order valence-corrected chi connectivity index (χ2v) is 7.10. The van der Waals surface area contributed by atoms with Crippen molar-refractivity contribution in [1.82, 2.24) is 0 Å². The Balaban J connectivity index is 1.72. The molecule has 0 aliphatic carbocycles. The van der Waals surface area contributed by atoms with E-state index in [4.69, 9.17) is 10.5 Å². The number of nitrogens with zero attached hydrogens (tertiary/aromatic N) is 1. The third-order valence-electron chi connectivity index (χ3n) is 5.28. The third-order valence-corrected chi connectivity index (χ3v) is 5.28. The average Bonchev–Trinajstić information content (AvgIpc) is 2.64. The number of halogens is 1. The molecule has 1 aliphatic heterocycles. The topological polar surface area (TPSA) is 75.8 Å². The predicted octanol–water partition coefficient (Wildman–Crippen LogP) is 3.17. The maximum atomic E-state index is 13.1. The Bertz CT molecular complexity index is 817. The molecule has 0 bridgehead atoms. The van der Waals surface area contributed by atoms with Gasteiger partial charge in [0.1, 0.15) is 11.4 Å². The van der Waals surface area contributed by atoms with Crippen LogP contribution in [-0.2, 0) is 15.1 Å². The zero-order chi connectivity index (χ0) is 19.6. The molecule has 2 aromatic carbocycles. The smallest absolute Gasteiger partial charge is 0.306 e. The molecule has 1 atom stereocenters. The van der Waals surface area contributed by atoms with E-state index in [1.54, 1.807) is 12.1 Å². The molecule has 1 fully saturated rings. The predicted molar refractivity (Wildman–Crippen MR) is 103 cm³/mol. The number of hydrogen-bond acceptors (Lipinski definition) is 5. The Kier molecular flexibility index (Phi) is 5.37. The number of carbonyl (C=O) groups is 1. The quantitative estimate of drug-likeness (QED) is 0.602. The van der Waals surface area contributed by atoms with Gasteiger partial charge in [-0.1, -0.05) is 25.1 Å². The van der Waals surface area contributed by atoms with Crippen LogP contribution in [0.25, 0.3) is 0 Å². The fourth-order valence-electron chi connectivity index (χ4n) is 3.60. The van der Waals surface area contributed by atoms with Gasteiger partial charge in [0.15, 0.2) is 0 Å². The standard InChI is InChI=1S/C21H25FN2O3/c1-3-14(11-20(25)27-2)15-4-9-19(18(23)10-15)24-12-21(26,13-24)16-5-7-17(22)8-6-16/h4-10,14,26H,3,11-13,23H2,1-2H3. The lowest BCUT2D eigenvalue weighted by atomic mass is 9.85. The second kappa shape index (κ2) is 7.56. The van der Waals surface area contributed by atoms with Crippen molar-refractivity contribution >= 4 is 17.3 Å². The first-order valence-electron chi connectivity index (χ1n) is 9.06. The highest BCUT2D eigenvalue weighted by Gasteiger charge is 2.43. The molecular formula is C21H25FN2O3. The van der Waals surface area contributed by atoms with Gasteiger partial charge < -0.3 is 20.5 Å². The summed E-state index contributed by atoms with van der Waals surface area (Å²) in [6.07, 6.45) is 1.13. The van der Waals surface area contributed by atoms with Crippen LogP contribution < -0.4 is 10.6 Å². The maximum absolute atomic E-state index is 13.1. The number of β-amino-alcohol motifs (C(OH)–C–C–N with tert-alkyl or cyclic N) is 1. The van der Waals surface area contributed by atoms with Gasteiger partial charge in [0.05, 0.1) is 38.0 Å². The van der Waals surface area contributed by atoms with Gasteiger partial charge in [-0.25, -0.2) is 4.39 Å². The van der Waals surface area contributed by atoms with Gasteiger partial charge in [0, 0.05) is 0 Å². The Morgan fingerprint density at radius 3 is 2.52 bits per heavy atom. The van der Waals surface area contributed by atoms with E-state index < -0.39 is 5.60 Å². The van der Waals surface area contributed by atoms with Gasteiger partial charge in [-0.3, -0.25) is 4.79 Å². The first-order valence-corrected chi connectivity index (χ1v) is 9.06. The molecule has 0 amide bonds. The molecule has 3 rings (SSSR count). The number of nitrogens with two attached hydrogens (primary N) is 1. The fraction of sp³-hybridized carbons (Fsp3) is 0.381. The van der Waals surface area contributed by atoms with Crippen LogP contribution in [0.5, 0.6) is 0 Å². The van der Waals surface area contributed by atoms with E-state index >= 15 is 0 Å². The summed E-state index contributed by atoms with van der Waals surface area (Å²) in [7, 11) is 1.39. The number of rotatable bonds is 6. The normalized spacial score (nSPS) is 16.5. The number of hydrogen-bond donors (Lipinski definition) is 2. The summed E-state index contributed by atoms with van der Waals surface area (Å²) >= 11 is 0. The van der Waals surface area contributed by atoms with Crippen LogP contribution in [0.3, 0.4) is 0 Å². The summed E-state index contributed by atoms with van der Waals surface area (Å²) in [5, 5.41) is 10.7. The van der Waals surface area contributed by atoms with Crippen molar-refractivity contribution < 1.29 is 19.0 Å². The number of methoxy groups -OCH3 is 1. The molecule has 1 heterocycles. The molecular weight excluding hydrogens is 347 g/mol. The van der Waals surface area contributed by atoms with Crippen LogP contribution >= 0.6 is 0 Å². The van der Waals surface area contributed by atoms with E-state index in [0.717, 1.165) is 17.7 Å². The maximum Gasteiger partial charge on any atom is 0.306 e. The minimum absolute atomic E-state index is 0.0568. The van der Waals surface area contributed by atoms with Crippen molar-refractivity contribution in [3.63, 3.8) is 0 Å². The zero-order valence-electron chi connectivity index (χ0n) is 15.6. The first-order chi connectivity index (χ1) is 12.9. The molecule has 0 aromatic heterocycles. The Morgan fingerprint density at radius 1 is 1.30 bits per heavy atom. The van der Waals surface area contributed by atoms with Crippen molar-refractivity contribution in [1.29, 1.82) is 0 Å². The Hall–Kier alpha value is -2.60. The highest BCUT2D eigenvalue weighted by molar-refractivity contribution is 5.73. The summed E-state index contributed by atoms with van der Waals surface area (Å²) in [4.78, 5) is 13.6.